The number of amides is 1. The fraction of sp³-hybridized carbons (Fsp3) is 0.211. The van der Waals surface area contributed by atoms with Crippen molar-refractivity contribution in [2.24, 2.45) is 0 Å². The predicted molar refractivity (Wildman–Crippen MR) is 108 cm³/mol. The molecule has 28 heavy (non-hydrogen) atoms. The highest BCUT2D eigenvalue weighted by Gasteiger charge is 2.16. The number of hydrogen-bond acceptors (Lipinski definition) is 6. The molecule has 0 saturated carbocycles. The highest BCUT2D eigenvalue weighted by atomic mass is 32.2. The van der Waals surface area contributed by atoms with Gasteiger partial charge in [-0.1, -0.05) is 0 Å². The summed E-state index contributed by atoms with van der Waals surface area (Å²) in [6.07, 6.45) is 3.41. The van der Waals surface area contributed by atoms with Crippen LogP contribution in [0, 0.1) is 0 Å². The highest BCUT2D eigenvalue weighted by molar-refractivity contribution is 7.89. The Morgan fingerprint density at radius 1 is 1.11 bits per heavy atom. The first-order chi connectivity index (χ1) is 13.3. The van der Waals surface area contributed by atoms with Gasteiger partial charge in [-0.15, -0.1) is 11.3 Å². The first kappa shape index (κ1) is 20.1. The molecule has 0 aliphatic heterocycles. The van der Waals surface area contributed by atoms with Gasteiger partial charge in [0.2, 0.25) is 10.0 Å². The van der Waals surface area contributed by atoms with Crippen molar-refractivity contribution in [2.75, 3.05) is 0 Å². The second-order valence-corrected chi connectivity index (χ2v) is 9.00. The van der Waals surface area contributed by atoms with Gasteiger partial charge in [-0.25, -0.2) is 18.1 Å². The summed E-state index contributed by atoms with van der Waals surface area (Å²) in [5.41, 5.74) is 2.19. The lowest BCUT2D eigenvalue weighted by molar-refractivity contribution is 0.0950. The Morgan fingerprint density at radius 3 is 2.43 bits per heavy atom. The minimum absolute atomic E-state index is 0.125. The Balaban J connectivity index is 1.62. The molecule has 0 aliphatic carbocycles. The molecule has 9 heteroatoms. The van der Waals surface area contributed by atoms with Gasteiger partial charge in [0.15, 0.2) is 0 Å². The third kappa shape index (κ3) is 5.00. The smallest absolute Gasteiger partial charge is 0.251 e. The van der Waals surface area contributed by atoms with Gasteiger partial charge >= 0.3 is 0 Å². The van der Waals surface area contributed by atoms with Crippen molar-refractivity contribution in [3.05, 3.63) is 64.7 Å². The van der Waals surface area contributed by atoms with Crippen LogP contribution in [0.5, 0.6) is 0 Å². The van der Waals surface area contributed by atoms with E-state index in [0.717, 1.165) is 16.3 Å². The van der Waals surface area contributed by atoms with Gasteiger partial charge in [-0.3, -0.25) is 9.78 Å². The van der Waals surface area contributed by atoms with E-state index in [1.54, 1.807) is 26.2 Å². The van der Waals surface area contributed by atoms with E-state index < -0.39 is 10.0 Å². The number of carbonyl (C=O) groups excluding carboxylic acids is 1. The van der Waals surface area contributed by atoms with E-state index >= 15 is 0 Å². The third-order valence-corrected chi connectivity index (χ3v) is 6.27. The molecule has 1 aromatic carbocycles. The molecule has 0 unspecified atom stereocenters. The SMILES string of the molecule is CC(C)NS(=O)(=O)c1ccc(C(=O)NCc2nc(-c3ccncc3)cs2)cc1. The monoisotopic (exact) mass is 416 g/mol. The Hall–Kier alpha value is -2.62. The quantitative estimate of drug-likeness (QED) is 0.617. The second-order valence-electron chi connectivity index (χ2n) is 6.35. The lowest BCUT2D eigenvalue weighted by Gasteiger charge is -2.10. The maximum Gasteiger partial charge on any atom is 0.251 e. The molecule has 0 fully saturated rings. The van der Waals surface area contributed by atoms with Crippen LogP contribution in [0.1, 0.15) is 29.2 Å². The zero-order valence-electron chi connectivity index (χ0n) is 15.4. The topological polar surface area (TPSA) is 101 Å². The van der Waals surface area contributed by atoms with Gasteiger partial charge < -0.3 is 5.32 Å². The van der Waals surface area contributed by atoms with Crippen LogP contribution >= 0.6 is 11.3 Å². The lowest BCUT2D eigenvalue weighted by Crippen LogP contribution is -2.30. The van der Waals surface area contributed by atoms with Crippen LogP contribution in [-0.2, 0) is 16.6 Å². The van der Waals surface area contributed by atoms with Gasteiger partial charge in [0.05, 0.1) is 17.1 Å². The molecule has 2 aromatic heterocycles. The molecular weight excluding hydrogens is 396 g/mol. The van der Waals surface area contributed by atoms with Gasteiger partial charge in [-0.05, 0) is 50.2 Å². The van der Waals surface area contributed by atoms with E-state index in [0.29, 0.717) is 12.1 Å². The summed E-state index contributed by atoms with van der Waals surface area (Å²) in [7, 11) is -3.58. The Kier molecular flexibility index (Phi) is 6.18. The first-order valence-corrected chi connectivity index (χ1v) is 11.0. The molecule has 3 rings (SSSR count). The molecule has 0 spiro atoms. The number of carbonyl (C=O) groups is 1. The number of benzene rings is 1. The molecule has 0 bridgehead atoms. The molecule has 2 N–H and O–H groups in total. The van der Waals surface area contributed by atoms with Crippen molar-refractivity contribution in [2.45, 2.75) is 31.3 Å². The van der Waals surface area contributed by atoms with Crippen molar-refractivity contribution in [3.63, 3.8) is 0 Å². The molecule has 2 heterocycles. The Bertz CT molecular complexity index is 1050. The number of nitrogens with one attached hydrogen (secondary N) is 2. The predicted octanol–water partition coefficient (Wildman–Crippen LogP) is 2.82. The molecule has 0 aliphatic rings. The fourth-order valence-corrected chi connectivity index (χ4v) is 4.46. The van der Waals surface area contributed by atoms with Crippen molar-refractivity contribution in [3.8, 4) is 11.3 Å². The van der Waals surface area contributed by atoms with E-state index in [1.807, 2.05) is 17.5 Å². The second kappa shape index (κ2) is 8.59. The maximum atomic E-state index is 12.3. The van der Waals surface area contributed by atoms with E-state index in [9.17, 15) is 13.2 Å². The molecule has 0 atom stereocenters. The van der Waals surface area contributed by atoms with Gasteiger partial charge in [0.25, 0.3) is 5.91 Å². The molecule has 1 amide bonds. The van der Waals surface area contributed by atoms with Crippen LogP contribution in [0.2, 0.25) is 0 Å². The summed E-state index contributed by atoms with van der Waals surface area (Å²) in [5.74, 6) is -0.290. The van der Waals surface area contributed by atoms with Crippen molar-refractivity contribution < 1.29 is 13.2 Å². The van der Waals surface area contributed by atoms with E-state index in [1.165, 1.54) is 35.6 Å². The fourth-order valence-electron chi connectivity index (χ4n) is 2.47. The summed E-state index contributed by atoms with van der Waals surface area (Å²) in [4.78, 5) is 20.9. The number of rotatable bonds is 7. The van der Waals surface area contributed by atoms with Crippen LogP contribution in [0.3, 0.4) is 0 Å². The number of aromatic nitrogens is 2. The Morgan fingerprint density at radius 2 is 1.79 bits per heavy atom. The molecule has 0 radical (unpaired) electrons. The minimum atomic E-state index is -3.58. The highest BCUT2D eigenvalue weighted by Crippen LogP contribution is 2.21. The Labute approximate surface area is 167 Å². The average molecular weight is 417 g/mol. The molecule has 0 saturated heterocycles. The lowest BCUT2D eigenvalue weighted by atomic mass is 10.2. The van der Waals surface area contributed by atoms with Crippen LogP contribution in [0.25, 0.3) is 11.3 Å². The molecule has 146 valence electrons. The molecule has 3 aromatic rings. The number of sulfonamides is 1. The van der Waals surface area contributed by atoms with Gasteiger partial charge in [-0.2, -0.15) is 0 Å². The zero-order chi connectivity index (χ0) is 20.1. The summed E-state index contributed by atoms with van der Waals surface area (Å²) in [6, 6.07) is 9.38. The van der Waals surface area contributed by atoms with Gasteiger partial charge in [0.1, 0.15) is 5.01 Å². The summed E-state index contributed by atoms with van der Waals surface area (Å²) in [6.45, 7) is 3.79. The zero-order valence-corrected chi connectivity index (χ0v) is 17.0. The van der Waals surface area contributed by atoms with Crippen molar-refractivity contribution in [1.82, 2.24) is 20.0 Å². The standard InChI is InChI=1S/C19H20N4O3S2/c1-13(2)23-28(25,26)16-5-3-15(4-6-16)19(24)21-11-18-22-17(12-27-18)14-7-9-20-10-8-14/h3-10,12-13,23H,11H2,1-2H3,(H,21,24). The van der Waals surface area contributed by atoms with E-state index in [2.05, 4.69) is 20.0 Å². The van der Waals surface area contributed by atoms with Crippen molar-refractivity contribution in [1.29, 1.82) is 0 Å². The van der Waals surface area contributed by atoms with Gasteiger partial charge in [0, 0.05) is 34.9 Å². The normalized spacial score (nSPS) is 11.5. The van der Waals surface area contributed by atoms with E-state index in [-0.39, 0.29) is 16.8 Å². The summed E-state index contributed by atoms with van der Waals surface area (Å²) in [5, 5.41) is 5.51. The van der Waals surface area contributed by atoms with Crippen LogP contribution in [0.15, 0.2) is 59.1 Å². The largest absolute Gasteiger partial charge is 0.346 e. The van der Waals surface area contributed by atoms with Crippen LogP contribution < -0.4 is 10.0 Å². The number of pyridine rings is 1. The number of nitrogens with zero attached hydrogens (tertiary/aromatic N) is 2. The average Bonchev–Trinajstić information content (AvgIpc) is 3.15. The summed E-state index contributed by atoms with van der Waals surface area (Å²) >= 11 is 1.46. The molecule has 7 nitrogen and oxygen atoms in total. The van der Waals surface area contributed by atoms with Crippen LogP contribution in [0.4, 0.5) is 0 Å². The number of hydrogen-bond donors (Lipinski definition) is 2. The third-order valence-electron chi connectivity index (χ3n) is 3.75. The minimum Gasteiger partial charge on any atom is -0.346 e. The summed E-state index contributed by atoms with van der Waals surface area (Å²) < 4.78 is 26.8. The van der Waals surface area contributed by atoms with Crippen LogP contribution in [-0.4, -0.2) is 30.3 Å². The van der Waals surface area contributed by atoms with Crippen molar-refractivity contribution >= 4 is 27.3 Å². The maximum absolute atomic E-state index is 12.3. The number of thiazole rings is 1. The first-order valence-electron chi connectivity index (χ1n) is 8.60. The molecular formula is C19H20N4O3S2. The van der Waals surface area contributed by atoms with E-state index in [4.69, 9.17) is 0 Å².